The van der Waals surface area contributed by atoms with Crippen LogP contribution in [0.3, 0.4) is 0 Å². The predicted octanol–water partition coefficient (Wildman–Crippen LogP) is 0.758. The highest BCUT2D eigenvalue weighted by Gasteiger charge is 2.23. The fraction of sp³-hybridized carbons (Fsp3) is 0.875. The summed E-state index contributed by atoms with van der Waals surface area (Å²) in [4.78, 5) is 11.1. The number of hydrogen-bond acceptors (Lipinski definition) is 3. The van der Waals surface area contributed by atoms with Crippen molar-refractivity contribution in [2.45, 2.75) is 31.9 Å². The highest BCUT2D eigenvalue weighted by Crippen LogP contribution is 2.16. The highest BCUT2D eigenvalue weighted by molar-refractivity contribution is 7.94. The molecule has 0 aromatic rings. The van der Waals surface area contributed by atoms with Crippen LogP contribution < -0.4 is 5.73 Å². The molecule has 0 heterocycles. The van der Waals surface area contributed by atoms with Crippen LogP contribution in [0.15, 0.2) is 4.36 Å². The number of carbonyl (C=O) groups is 1. The SMILES string of the molecule is CC(C)(C)S(C)(=O)=NC(=O)CCN. The van der Waals surface area contributed by atoms with E-state index in [-0.39, 0.29) is 18.9 Å². The molecule has 1 unspecified atom stereocenters. The molecular weight excluding hydrogens is 188 g/mol. The average Bonchev–Trinajstić information content (AvgIpc) is 1.83. The van der Waals surface area contributed by atoms with Gasteiger partial charge in [-0.2, -0.15) is 4.36 Å². The van der Waals surface area contributed by atoms with Gasteiger partial charge < -0.3 is 5.73 Å². The van der Waals surface area contributed by atoms with Crippen LogP contribution in [0, 0.1) is 0 Å². The van der Waals surface area contributed by atoms with Crippen LogP contribution in [0.1, 0.15) is 27.2 Å². The van der Waals surface area contributed by atoms with Gasteiger partial charge >= 0.3 is 0 Å². The van der Waals surface area contributed by atoms with Crippen molar-refractivity contribution in [3.05, 3.63) is 0 Å². The molecule has 0 aliphatic heterocycles. The second kappa shape index (κ2) is 4.19. The Hall–Kier alpha value is -0.420. The number of rotatable bonds is 2. The molecule has 4 nitrogen and oxygen atoms in total. The molecule has 78 valence electrons. The summed E-state index contributed by atoms with van der Waals surface area (Å²) in [6.45, 7) is 5.65. The van der Waals surface area contributed by atoms with E-state index in [1.165, 1.54) is 6.26 Å². The predicted molar refractivity (Wildman–Crippen MR) is 54.9 cm³/mol. The molecule has 0 aliphatic rings. The van der Waals surface area contributed by atoms with E-state index in [0.29, 0.717) is 0 Å². The Bertz CT molecular complexity index is 296. The van der Waals surface area contributed by atoms with Crippen molar-refractivity contribution < 1.29 is 9.00 Å². The van der Waals surface area contributed by atoms with E-state index in [0.717, 1.165) is 0 Å². The molecule has 1 atom stereocenters. The van der Waals surface area contributed by atoms with Crippen LogP contribution in [0.4, 0.5) is 0 Å². The number of amides is 1. The molecule has 13 heavy (non-hydrogen) atoms. The molecule has 0 spiro atoms. The van der Waals surface area contributed by atoms with Gasteiger partial charge in [-0.1, -0.05) is 0 Å². The quantitative estimate of drug-likeness (QED) is 0.725. The lowest BCUT2D eigenvalue weighted by Crippen LogP contribution is -2.27. The smallest absolute Gasteiger partial charge is 0.255 e. The van der Waals surface area contributed by atoms with Gasteiger partial charge in [0.2, 0.25) is 0 Å². The molecule has 0 radical (unpaired) electrons. The Labute approximate surface area is 80.1 Å². The fourth-order valence-corrected chi connectivity index (χ4v) is 1.25. The molecule has 2 N–H and O–H groups in total. The van der Waals surface area contributed by atoms with Crippen molar-refractivity contribution in [2.24, 2.45) is 10.1 Å². The zero-order valence-corrected chi connectivity index (χ0v) is 9.48. The second-order valence-electron chi connectivity index (χ2n) is 3.94. The summed E-state index contributed by atoms with van der Waals surface area (Å²) in [6.07, 6.45) is 1.67. The fourth-order valence-electron chi connectivity index (χ4n) is 0.500. The maximum Gasteiger partial charge on any atom is 0.255 e. The number of nitrogens with zero attached hydrogens (tertiary/aromatic N) is 1. The van der Waals surface area contributed by atoms with Gasteiger partial charge in [-0.15, -0.1) is 0 Å². The van der Waals surface area contributed by atoms with Gasteiger partial charge in [0.25, 0.3) is 5.91 Å². The Morgan fingerprint density at radius 1 is 1.46 bits per heavy atom. The van der Waals surface area contributed by atoms with Gasteiger partial charge in [-0.05, 0) is 20.8 Å². The molecule has 0 fully saturated rings. The van der Waals surface area contributed by atoms with E-state index in [4.69, 9.17) is 5.73 Å². The van der Waals surface area contributed by atoms with Crippen LogP contribution in [0.25, 0.3) is 0 Å². The first-order chi connectivity index (χ1) is 5.70. The Balaban J connectivity index is 4.84. The summed E-state index contributed by atoms with van der Waals surface area (Å²) in [5, 5.41) is 0. The standard InChI is InChI=1S/C8H18N2O2S/c1-8(2,3)13(4,12)10-7(11)5-6-9/h5-6,9H2,1-4H3. The van der Waals surface area contributed by atoms with Crippen molar-refractivity contribution >= 4 is 15.6 Å². The number of nitrogens with two attached hydrogens (primary N) is 1. The lowest BCUT2D eigenvalue weighted by molar-refractivity contribution is -0.117. The van der Waals surface area contributed by atoms with Gasteiger partial charge in [0, 0.05) is 24.0 Å². The molecule has 0 aliphatic carbocycles. The third-order valence-corrected chi connectivity index (χ3v) is 4.59. The maximum absolute atomic E-state index is 11.9. The lowest BCUT2D eigenvalue weighted by atomic mass is 10.3. The van der Waals surface area contributed by atoms with Crippen molar-refractivity contribution in [1.82, 2.24) is 0 Å². The van der Waals surface area contributed by atoms with Gasteiger partial charge in [-0.25, -0.2) is 4.21 Å². The van der Waals surface area contributed by atoms with Crippen LogP contribution in [-0.4, -0.2) is 27.7 Å². The highest BCUT2D eigenvalue weighted by atomic mass is 32.2. The molecule has 0 saturated carbocycles. The van der Waals surface area contributed by atoms with E-state index in [2.05, 4.69) is 4.36 Å². The molecule has 0 saturated heterocycles. The van der Waals surface area contributed by atoms with Gasteiger partial charge in [0.05, 0.1) is 9.73 Å². The van der Waals surface area contributed by atoms with E-state index in [1.54, 1.807) is 20.8 Å². The third-order valence-electron chi connectivity index (χ3n) is 1.77. The van der Waals surface area contributed by atoms with Crippen molar-refractivity contribution in [2.75, 3.05) is 12.8 Å². The normalized spacial score (nSPS) is 16.4. The van der Waals surface area contributed by atoms with Crippen LogP contribution in [0.2, 0.25) is 0 Å². The average molecular weight is 206 g/mol. The van der Waals surface area contributed by atoms with E-state index < -0.39 is 14.5 Å². The van der Waals surface area contributed by atoms with Gasteiger partial charge in [0.1, 0.15) is 0 Å². The molecule has 0 aromatic heterocycles. The Morgan fingerprint density at radius 2 is 1.92 bits per heavy atom. The molecule has 0 rings (SSSR count). The summed E-state index contributed by atoms with van der Waals surface area (Å²) in [5.41, 5.74) is 5.18. The summed E-state index contributed by atoms with van der Waals surface area (Å²) >= 11 is 0. The zero-order valence-electron chi connectivity index (χ0n) is 8.66. The monoisotopic (exact) mass is 206 g/mol. The van der Waals surface area contributed by atoms with Crippen molar-refractivity contribution in [3.63, 3.8) is 0 Å². The summed E-state index contributed by atoms with van der Waals surface area (Å²) in [7, 11) is -2.45. The van der Waals surface area contributed by atoms with Gasteiger partial charge in [-0.3, -0.25) is 4.79 Å². The third kappa shape index (κ3) is 3.87. The lowest BCUT2D eigenvalue weighted by Gasteiger charge is -2.19. The Kier molecular flexibility index (Phi) is 4.06. The summed E-state index contributed by atoms with van der Waals surface area (Å²) < 4.78 is 15.1. The molecule has 0 bridgehead atoms. The topological polar surface area (TPSA) is 72.5 Å². The van der Waals surface area contributed by atoms with E-state index >= 15 is 0 Å². The van der Waals surface area contributed by atoms with E-state index in [9.17, 15) is 9.00 Å². The Morgan fingerprint density at radius 3 is 2.23 bits per heavy atom. The minimum Gasteiger partial charge on any atom is -0.330 e. The minimum absolute atomic E-state index is 0.168. The minimum atomic E-state index is -2.45. The summed E-state index contributed by atoms with van der Waals surface area (Å²) in [5.74, 6) is -0.370. The zero-order chi connectivity index (χ0) is 10.7. The second-order valence-corrected chi connectivity index (χ2v) is 6.95. The first-order valence-corrected chi connectivity index (χ1v) is 6.07. The molecular formula is C8H18N2O2S. The van der Waals surface area contributed by atoms with Crippen LogP contribution >= 0.6 is 0 Å². The van der Waals surface area contributed by atoms with Gasteiger partial charge in [0.15, 0.2) is 0 Å². The maximum atomic E-state index is 11.9. The largest absolute Gasteiger partial charge is 0.330 e. The van der Waals surface area contributed by atoms with Crippen molar-refractivity contribution in [1.29, 1.82) is 0 Å². The molecule has 1 amide bonds. The van der Waals surface area contributed by atoms with Crippen molar-refractivity contribution in [3.8, 4) is 0 Å². The first kappa shape index (κ1) is 12.6. The summed E-state index contributed by atoms with van der Waals surface area (Å²) in [6, 6.07) is 0. The molecule has 0 aromatic carbocycles. The first-order valence-electron chi connectivity index (χ1n) is 4.15. The van der Waals surface area contributed by atoms with E-state index in [1.807, 2.05) is 0 Å². The van der Waals surface area contributed by atoms with Crippen LogP contribution in [0.5, 0.6) is 0 Å². The van der Waals surface area contributed by atoms with Crippen LogP contribution in [-0.2, 0) is 14.5 Å². The number of hydrogen-bond donors (Lipinski definition) is 1. The number of carbonyl (C=O) groups excluding carboxylic acids is 1. The molecule has 5 heteroatoms.